The summed E-state index contributed by atoms with van der Waals surface area (Å²) in [5.41, 5.74) is 5.66. The highest BCUT2D eigenvalue weighted by atomic mass is 79.9. The van der Waals surface area contributed by atoms with Crippen LogP contribution in [-0.2, 0) is 11.4 Å². The van der Waals surface area contributed by atoms with Crippen molar-refractivity contribution in [3.63, 3.8) is 0 Å². The second kappa shape index (κ2) is 13.6. The van der Waals surface area contributed by atoms with E-state index in [0.717, 1.165) is 5.56 Å². The molecule has 0 bridgehead atoms. The molecular formula is C28H28BrCl2N3O4. The van der Waals surface area contributed by atoms with Crippen molar-refractivity contribution in [3.8, 4) is 11.5 Å². The van der Waals surface area contributed by atoms with Crippen LogP contribution in [-0.4, -0.2) is 31.2 Å². The summed E-state index contributed by atoms with van der Waals surface area (Å²) in [6, 6.07) is 15.3. The zero-order valence-corrected chi connectivity index (χ0v) is 24.4. The number of ether oxygens (including phenoxy) is 2. The molecule has 0 aliphatic carbocycles. The molecule has 0 spiro atoms. The molecule has 0 heterocycles. The van der Waals surface area contributed by atoms with E-state index in [1.54, 1.807) is 19.2 Å². The summed E-state index contributed by atoms with van der Waals surface area (Å²) in [5.74, 6) is -0.0477. The lowest BCUT2D eigenvalue weighted by Gasteiger charge is -2.20. The number of carbonyl (C=O) groups excluding carboxylic acids is 2. The van der Waals surface area contributed by atoms with Crippen LogP contribution in [0, 0.1) is 12.8 Å². The van der Waals surface area contributed by atoms with Gasteiger partial charge in [0.15, 0.2) is 11.5 Å². The highest BCUT2D eigenvalue weighted by Gasteiger charge is 2.25. The average Bonchev–Trinajstić information content (AvgIpc) is 2.88. The van der Waals surface area contributed by atoms with E-state index in [4.69, 9.17) is 32.7 Å². The monoisotopic (exact) mass is 619 g/mol. The molecule has 0 fully saturated rings. The molecule has 10 heteroatoms. The summed E-state index contributed by atoms with van der Waals surface area (Å²) < 4.78 is 12.2. The Morgan fingerprint density at radius 1 is 1.05 bits per heavy atom. The fourth-order valence-corrected chi connectivity index (χ4v) is 4.30. The third-order valence-corrected chi connectivity index (χ3v) is 6.89. The third-order valence-electron chi connectivity index (χ3n) is 5.56. The second-order valence-electron chi connectivity index (χ2n) is 8.87. The normalized spacial score (nSPS) is 11.9. The van der Waals surface area contributed by atoms with E-state index in [1.807, 2.05) is 45.0 Å². The molecular weight excluding hydrogens is 593 g/mol. The maximum atomic E-state index is 12.8. The number of hydrogen-bond donors (Lipinski definition) is 2. The van der Waals surface area contributed by atoms with Gasteiger partial charge >= 0.3 is 0 Å². The molecule has 1 atom stereocenters. The highest BCUT2D eigenvalue weighted by molar-refractivity contribution is 9.10. The van der Waals surface area contributed by atoms with E-state index in [9.17, 15) is 9.59 Å². The van der Waals surface area contributed by atoms with Crippen LogP contribution in [0.15, 0.2) is 64.2 Å². The van der Waals surface area contributed by atoms with Crippen molar-refractivity contribution in [1.29, 1.82) is 0 Å². The van der Waals surface area contributed by atoms with Gasteiger partial charge in [-0.15, -0.1) is 0 Å². The fraction of sp³-hybridized carbons (Fsp3) is 0.250. The van der Waals surface area contributed by atoms with Crippen molar-refractivity contribution in [1.82, 2.24) is 10.7 Å². The molecule has 0 aliphatic rings. The van der Waals surface area contributed by atoms with Gasteiger partial charge in [-0.1, -0.05) is 66.9 Å². The van der Waals surface area contributed by atoms with Gasteiger partial charge < -0.3 is 14.8 Å². The van der Waals surface area contributed by atoms with Gasteiger partial charge in [-0.3, -0.25) is 9.59 Å². The van der Waals surface area contributed by atoms with Crippen molar-refractivity contribution in [2.75, 3.05) is 7.11 Å². The summed E-state index contributed by atoms with van der Waals surface area (Å²) in [6.45, 7) is 6.05. The molecule has 7 nitrogen and oxygen atoms in total. The molecule has 0 saturated heterocycles. The molecule has 1 unspecified atom stereocenters. The molecule has 2 amide bonds. The molecule has 38 heavy (non-hydrogen) atoms. The van der Waals surface area contributed by atoms with Gasteiger partial charge in [-0.25, -0.2) is 5.43 Å². The zero-order valence-electron chi connectivity index (χ0n) is 21.3. The zero-order chi connectivity index (χ0) is 27.8. The first kappa shape index (κ1) is 29.5. The van der Waals surface area contributed by atoms with E-state index in [-0.39, 0.29) is 10.9 Å². The van der Waals surface area contributed by atoms with Crippen LogP contribution in [0.2, 0.25) is 10.0 Å². The fourth-order valence-electron chi connectivity index (χ4n) is 3.43. The quantitative estimate of drug-likeness (QED) is 0.199. The summed E-state index contributed by atoms with van der Waals surface area (Å²) in [5, 5.41) is 7.38. The lowest BCUT2D eigenvalue weighted by molar-refractivity contribution is -0.123. The molecule has 2 N–H and O–H groups in total. The number of benzene rings is 3. The Labute approximate surface area is 240 Å². The Morgan fingerprint density at radius 3 is 2.39 bits per heavy atom. The van der Waals surface area contributed by atoms with Crippen molar-refractivity contribution >= 4 is 57.2 Å². The lowest BCUT2D eigenvalue weighted by Crippen LogP contribution is -2.48. The Hall–Kier alpha value is -3.07. The number of rotatable bonds is 10. The Kier molecular flexibility index (Phi) is 10.6. The minimum atomic E-state index is -0.826. The van der Waals surface area contributed by atoms with Gasteiger partial charge in [0.1, 0.15) is 12.6 Å². The number of hydrogen-bond acceptors (Lipinski definition) is 5. The smallest absolute Gasteiger partial charge is 0.262 e. The summed E-state index contributed by atoms with van der Waals surface area (Å²) in [7, 11) is 1.55. The Balaban J connectivity index is 1.66. The van der Waals surface area contributed by atoms with Gasteiger partial charge in [0.25, 0.3) is 11.8 Å². The van der Waals surface area contributed by atoms with Crippen LogP contribution >= 0.6 is 39.1 Å². The number of hydrazone groups is 1. The number of carbonyl (C=O) groups is 2. The number of halogens is 3. The average molecular weight is 621 g/mol. The molecule has 3 aromatic carbocycles. The summed E-state index contributed by atoms with van der Waals surface area (Å²) in [6.07, 6.45) is 1.48. The number of nitrogens with zero attached hydrogens (tertiary/aromatic N) is 1. The topological polar surface area (TPSA) is 89.0 Å². The molecule has 0 saturated carbocycles. The van der Waals surface area contributed by atoms with Crippen molar-refractivity contribution in [2.24, 2.45) is 11.0 Å². The predicted molar refractivity (Wildman–Crippen MR) is 154 cm³/mol. The SMILES string of the molecule is COc1cc(/C=N/NC(=O)C(NC(=O)c2ccc(Cl)c(Cl)c2)C(C)C)cc(Br)c1OCc1ccc(C)cc1. The summed E-state index contributed by atoms with van der Waals surface area (Å²) >= 11 is 15.5. The van der Waals surface area contributed by atoms with Crippen LogP contribution in [0.1, 0.15) is 40.9 Å². The molecule has 0 aromatic heterocycles. The highest BCUT2D eigenvalue weighted by Crippen LogP contribution is 2.37. The van der Waals surface area contributed by atoms with E-state index in [2.05, 4.69) is 31.8 Å². The molecule has 0 aliphatic heterocycles. The van der Waals surface area contributed by atoms with Gasteiger partial charge in [0.2, 0.25) is 0 Å². The third kappa shape index (κ3) is 7.96. The first-order valence-corrected chi connectivity index (χ1v) is 13.3. The van der Waals surface area contributed by atoms with Crippen molar-refractivity contribution < 1.29 is 19.1 Å². The maximum absolute atomic E-state index is 12.8. The van der Waals surface area contributed by atoms with Crippen LogP contribution in [0.25, 0.3) is 0 Å². The number of methoxy groups -OCH3 is 1. The number of aryl methyl sites for hydroxylation is 1. The van der Waals surface area contributed by atoms with Crippen molar-refractivity contribution in [3.05, 3.63) is 91.4 Å². The summed E-state index contributed by atoms with van der Waals surface area (Å²) in [4.78, 5) is 25.5. The second-order valence-corrected chi connectivity index (χ2v) is 10.5. The number of nitrogens with one attached hydrogen (secondary N) is 2. The first-order chi connectivity index (χ1) is 18.1. The van der Waals surface area contributed by atoms with Crippen LogP contribution in [0.5, 0.6) is 11.5 Å². The van der Waals surface area contributed by atoms with Crippen LogP contribution in [0.3, 0.4) is 0 Å². The Bertz CT molecular complexity index is 1330. The minimum absolute atomic E-state index is 0.198. The first-order valence-electron chi connectivity index (χ1n) is 11.7. The Morgan fingerprint density at radius 2 is 1.76 bits per heavy atom. The minimum Gasteiger partial charge on any atom is -0.493 e. The lowest BCUT2D eigenvalue weighted by atomic mass is 10.0. The molecule has 0 radical (unpaired) electrons. The van der Waals surface area contributed by atoms with E-state index >= 15 is 0 Å². The van der Waals surface area contributed by atoms with E-state index in [1.165, 1.54) is 30.0 Å². The molecule has 3 rings (SSSR count). The van der Waals surface area contributed by atoms with Gasteiger partial charge in [-0.2, -0.15) is 5.10 Å². The van der Waals surface area contributed by atoms with E-state index < -0.39 is 17.9 Å². The van der Waals surface area contributed by atoms with Crippen LogP contribution < -0.4 is 20.2 Å². The van der Waals surface area contributed by atoms with Gasteiger partial charge in [0, 0.05) is 5.56 Å². The van der Waals surface area contributed by atoms with Crippen LogP contribution in [0.4, 0.5) is 0 Å². The largest absolute Gasteiger partial charge is 0.493 e. The van der Waals surface area contributed by atoms with Crippen molar-refractivity contribution in [2.45, 2.75) is 33.4 Å². The standard InChI is InChI=1S/C28H28BrCl2N3O4/c1-16(2)25(33-27(35)20-9-10-22(30)23(31)13-20)28(36)34-32-14-19-11-21(29)26(24(12-19)37-4)38-15-18-7-5-17(3)6-8-18/h5-14,16,25H,15H2,1-4H3,(H,33,35)(H,34,36)/b32-14+. The maximum Gasteiger partial charge on any atom is 0.262 e. The van der Waals surface area contributed by atoms with Gasteiger partial charge in [0.05, 0.1) is 27.8 Å². The molecule has 200 valence electrons. The molecule has 3 aromatic rings. The predicted octanol–water partition coefficient (Wildman–Crippen LogP) is 6.56. The van der Waals surface area contributed by atoms with Gasteiger partial charge in [-0.05, 0) is 70.2 Å². The number of amides is 2. The van der Waals surface area contributed by atoms with E-state index in [0.29, 0.717) is 38.7 Å².